The van der Waals surface area contributed by atoms with E-state index >= 15 is 0 Å². The van der Waals surface area contributed by atoms with Crippen molar-refractivity contribution in [1.82, 2.24) is 14.9 Å². The van der Waals surface area contributed by atoms with Crippen LogP contribution in [-0.2, 0) is 16.0 Å². The fourth-order valence-electron chi connectivity index (χ4n) is 3.38. The topological polar surface area (TPSA) is 106 Å². The standard InChI is InChI=1S/C19H22N4O4/c1-11-6-4-5-7-15(11)23-9-12(2)22(10-17(23)25)16(24)8-14-13(3)20-19(27)21-18(14)26/h4-7,12H,8-10H2,1-3H3,(H2,20,21,26,27)/t12-/m0/s1. The van der Waals surface area contributed by atoms with Crippen molar-refractivity contribution < 1.29 is 9.59 Å². The number of nitrogens with one attached hydrogen (secondary N) is 2. The first kappa shape index (κ1) is 18.6. The molecule has 1 aromatic carbocycles. The van der Waals surface area contributed by atoms with Gasteiger partial charge in [0, 0.05) is 29.5 Å². The van der Waals surface area contributed by atoms with Gasteiger partial charge in [-0.3, -0.25) is 19.4 Å². The van der Waals surface area contributed by atoms with Crippen LogP contribution in [0.15, 0.2) is 33.9 Å². The monoisotopic (exact) mass is 370 g/mol. The zero-order valence-electron chi connectivity index (χ0n) is 15.5. The Bertz CT molecular complexity index is 1010. The second-order valence-corrected chi connectivity index (χ2v) is 6.85. The van der Waals surface area contributed by atoms with Gasteiger partial charge in [0.2, 0.25) is 11.8 Å². The molecule has 8 nitrogen and oxygen atoms in total. The Morgan fingerprint density at radius 1 is 1.15 bits per heavy atom. The molecule has 2 N–H and O–H groups in total. The highest BCUT2D eigenvalue weighted by molar-refractivity contribution is 5.99. The molecule has 1 fully saturated rings. The number of benzene rings is 1. The van der Waals surface area contributed by atoms with Gasteiger partial charge in [-0.2, -0.15) is 0 Å². The third-order valence-electron chi connectivity index (χ3n) is 4.89. The summed E-state index contributed by atoms with van der Waals surface area (Å²) in [5.74, 6) is -0.483. The van der Waals surface area contributed by atoms with E-state index in [4.69, 9.17) is 0 Å². The third kappa shape index (κ3) is 3.69. The van der Waals surface area contributed by atoms with E-state index < -0.39 is 11.2 Å². The Labute approximate surface area is 155 Å². The highest BCUT2D eigenvalue weighted by Crippen LogP contribution is 2.24. The van der Waals surface area contributed by atoms with Crippen LogP contribution in [0.2, 0.25) is 0 Å². The van der Waals surface area contributed by atoms with Crippen LogP contribution in [0, 0.1) is 13.8 Å². The van der Waals surface area contributed by atoms with Gasteiger partial charge in [0.1, 0.15) is 6.54 Å². The van der Waals surface area contributed by atoms with Gasteiger partial charge < -0.3 is 14.8 Å². The summed E-state index contributed by atoms with van der Waals surface area (Å²) in [4.78, 5) is 56.5. The molecule has 3 rings (SSSR count). The molecule has 27 heavy (non-hydrogen) atoms. The van der Waals surface area contributed by atoms with Gasteiger partial charge in [-0.15, -0.1) is 0 Å². The Balaban J connectivity index is 1.79. The van der Waals surface area contributed by atoms with Crippen LogP contribution < -0.4 is 16.1 Å². The smallest absolute Gasteiger partial charge is 0.325 e. The van der Waals surface area contributed by atoms with Gasteiger partial charge in [-0.1, -0.05) is 18.2 Å². The van der Waals surface area contributed by atoms with Gasteiger partial charge >= 0.3 is 5.69 Å². The number of rotatable bonds is 3. The lowest BCUT2D eigenvalue weighted by atomic mass is 10.1. The Morgan fingerprint density at radius 3 is 2.52 bits per heavy atom. The summed E-state index contributed by atoms with van der Waals surface area (Å²) >= 11 is 0. The quantitative estimate of drug-likeness (QED) is 0.820. The van der Waals surface area contributed by atoms with Gasteiger partial charge in [0.05, 0.1) is 6.42 Å². The second-order valence-electron chi connectivity index (χ2n) is 6.85. The predicted octanol–water partition coefficient (Wildman–Crippen LogP) is 0.486. The molecule has 2 heterocycles. The first-order valence-electron chi connectivity index (χ1n) is 8.75. The lowest BCUT2D eigenvalue weighted by Gasteiger charge is -2.40. The van der Waals surface area contributed by atoms with E-state index in [-0.39, 0.29) is 36.4 Å². The van der Waals surface area contributed by atoms with Crippen LogP contribution in [0.3, 0.4) is 0 Å². The molecule has 0 bridgehead atoms. The molecule has 142 valence electrons. The number of amides is 2. The van der Waals surface area contributed by atoms with Crippen LogP contribution in [0.25, 0.3) is 0 Å². The van der Waals surface area contributed by atoms with Crippen LogP contribution in [-0.4, -0.2) is 45.8 Å². The SMILES string of the molecule is Cc1ccccc1N1C[C@H](C)N(C(=O)Cc2c(C)[nH]c(=O)[nH]c2=O)CC1=O. The number of aromatic amines is 2. The molecule has 0 spiro atoms. The van der Waals surface area contributed by atoms with E-state index in [0.29, 0.717) is 12.2 Å². The fourth-order valence-corrected chi connectivity index (χ4v) is 3.38. The largest absolute Gasteiger partial charge is 0.329 e. The molecule has 1 aromatic heterocycles. The molecule has 0 saturated carbocycles. The number of carbonyl (C=O) groups is 2. The molecule has 0 aliphatic carbocycles. The number of hydrogen-bond acceptors (Lipinski definition) is 4. The maximum atomic E-state index is 12.7. The van der Waals surface area contributed by atoms with Crippen molar-refractivity contribution in [3.05, 3.63) is 61.9 Å². The lowest BCUT2D eigenvalue weighted by molar-refractivity contribution is -0.138. The normalized spacial score (nSPS) is 17.3. The minimum Gasteiger partial charge on any atom is -0.329 e. The van der Waals surface area contributed by atoms with Crippen LogP contribution in [0.5, 0.6) is 0 Å². The third-order valence-corrected chi connectivity index (χ3v) is 4.89. The number of hydrogen-bond donors (Lipinski definition) is 2. The average molecular weight is 370 g/mol. The Morgan fingerprint density at radius 2 is 1.85 bits per heavy atom. The Kier molecular flexibility index (Phi) is 4.98. The maximum Gasteiger partial charge on any atom is 0.325 e. The number of aryl methyl sites for hydroxylation is 2. The zero-order chi connectivity index (χ0) is 19.7. The van der Waals surface area contributed by atoms with Gasteiger partial charge in [0.15, 0.2) is 0 Å². The zero-order valence-corrected chi connectivity index (χ0v) is 15.5. The molecule has 1 atom stereocenters. The summed E-state index contributed by atoms with van der Waals surface area (Å²) in [5.41, 5.74) is 1.21. The molecule has 0 radical (unpaired) electrons. The van der Waals surface area contributed by atoms with E-state index in [1.54, 1.807) is 11.8 Å². The molecule has 1 saturated heterocycles. The van der Waals surface area contributed by atoms with E-state index in [0.717, 1.165) is 11.3 Å². The van der Waals surface area contributed by atoms with E-state index in [9.17, 15) is 19.2 Å². The molecule has 2 amide bonds. The summed E-state index contributed by atoms with van der Waals surface area (Å²) in [6.07, 6.45) is -0.167. The first-order valence-corrected chi connectivity index (χ1v) is 8.75. The molecular formula is C19H22N4O4. The van der Waals surface area contributed by atoms with Crippen molar-refractivity contribution in [3.8, 4) is 0 Å². The molecule has 0 unspecified atom stereocenters. The summed E-state index contributed by atoms with van der Waals surface area (Å²) in [7, 11) is 0. The summed E-state index contributed by atoms with van der Waals surface area (Å²) in [5, 5.41) is 0. The van der Waals surface area contributed by atoms with Crippen LogP contribution in [0.4, 0.5) is 5.69 Å². The van der Waals surface area contributed by atoms with Crippen LogP contribution >= 0.6 is 0 Å². The second kappa shape index (κ2) is 7.22. The highest BCUT2D eigenvalue weighted by atomic mass is 16.2. The van der Waals surface area contributed by atoms with Crippen molar-refractivity contribution in [2.45, 2.75) is 33.2 Å². The van der Waals surface area contributed by atoms with E-state index in [2.05, 4.69) is 9.97 Å². The summed E-state index contributed by atoms with van der Waals surface area (Å²) in [6, 6.07) is 7.42. The summed E-state index contributed by atoms with van der Waals surface area (Å²) in [6.45, 7) is 5.73. The van der Waals surface area contributed by atoms with Gasteiger partial charge in [0.25, 0.3) is 5.56 Å². The minimum atomic E-state index is -0.607. The number of carbonyl (C=O) groups excluding carboxylic acids is 2. The van der Waals surface area contributed by atoms with Gasteiger partial charge in [-0.05, 0) is 32.4 Å². The highest BCUT2D eigenvalue weighted by Gasteiger charge is 2.34. The lowest BCUT2D eigenvalue weighted by Crippen LogP contribution is -2.57. The van der Waals surface area contributed by atoms with Crippen LogP contribution in [0.1, 0.15) is 23.7 Å². The average Bonchev–Trinajstić information content (AvgIpc) is 2.60. The number of nitrogens with zero attached hydrogens (tertiary/aromatic N) is 2. The van der Waals surface area contributed by atoms with Crippen molar-refractivity contribution in [3.63, 3.8) is 0 Å². The Hall–Kier alpha value is -3.16. The minimum absolute atomic E-state index is 0.0470. The number of anilines is 1. The number of piperazine rings is 1. The summed E-state index contributed by atoms with van der Waals surface area (Å²) < 4.78 is 0. The van der Waals surface area contributed by atoms with Crippen molar-refractivity contribution in [1.29, 1.82) is 0 Å². The first-order chi connectivity index (χ1) is 12.8. The molecular weight excluding hydrogens is 348 g/mol. The molecule has 2 aromatic rings. The number of para-hydroxylation sites is 1. The van der Waals surface area contributed by atoms with E-state index in [1.807, 2.05) is 38.1 Å². The predicted molar refractivity (Wildman–Crippen MR) is 101 cm³/mol. The number of aromatic nitrogens is 2. The number of H-pyrrole nitrogens is 2. The molecule has 1 aliphatic heterocycles. The molecule has 8 heteroatoms. The van der Waals surface area contributed by atoms with Gasteiger partial charge in [-0.25, -0.2) is 4.79 Å². The molecule has 1 aliphatic rings. The van der Waals surface area contributed by atoms with Crippen molar-refractivity contribution in [2.24, 2.45) is 0 Å². The fraction of sp³-hybridized carbons (Fsp3) is 0.368. The van der Waals surface area contributed by atoms with E-state index in [1.165, 1.54) is 4.90 Å². The maximum absolute atomic E-state index is 12.7. The van der Waals surface area contributed by atoms with Crippen molar-refractivity contribution >= 4 is 17.5 Å². The van der Waals surface area contributed by atoms with Crippen molar-refractivity contribution in [2.75, 3.05) is 18.0 Å².